The molecule has 0 spiro atoms. The molecule has 0 saturated heterocycles. The molecule has 0 saturated carbocycles. The molecule has 3 rings (SSSR count). The van der Waals surface area contributed by atoms with Crippen molar-refractivity contribution >= 4 is 40.3 Å². The number of carbonyl (C=O) groups is 1. The minimum atomic E-state index is -0.538. The van der Waals surface area contributed by atoms with Gasteiger partial charge in [-0.1, -0.05) is 18.5 Å². The van der Waals surface area contributed by atoms with Gasteiger partial charge in [0.15, 0.2) is 5.82 Å². The number of aryl methyl sites for hydroxylation is 2. The summed E-state index contributed by atoms with van der Waals surface area (Å²) in [5, 5.41) is 11.5. The van der Waals surface area contributed by atoms with E-state index in [4.69, 9.17) is 17.3 Å². The van der Waals surface area contributed by atoms with Gasteiger partial charge in [-0.05, 0) is 57.0 Å². The molecule has 0 unspecified atom stereocenters. The van der Waals surface area contributed by atoms with Crippen LogP contribution in [0.1, 0.15) is 47.6 Å². The summed E-state index contributed by atoms with van der Waals surface area (Å²) in [5.41, 5.74) is 11.6. The maximum atomic E-state index is 12.5. The smallest absolute Gasteiger partial charge is 0.253 e. The first-order chi connectivity index (χ1) is 15.3. The summed E-state index contributed by atoms with van der Waals surface area (Å²) in [7, 11) is 1.75. The normalized spacial score (nSPS) is 11.5. The number of amides is 1. The van der Waals surface area contributed by atoms with Gasteiger partial charge in [-0.2, -0.15) is 5.10 Å². The maximum Gasteiger partial charge on any atom is 0.253 e. The molecule has 168 valence electrons. The molecule has 8 nitrogen and oxygen atoms in total. The molecule has 32 heavy (non-hydrogen) atoms. The van der Waals surface area contributed by atoms with E-state index >= 15 is 0 Å². The van der Waals surface area contributed by atoms with Crippen molar-refractivity contribution in [3.05, 3.63) is 58.0 Å². The van der Waals surface area contributed by atoms with Crippen molar-refractivity contribution in [2.45, 2.75) is 40.7 Å². The summed E-state index contributed by atoms with van der Waals surface area (Å²) in [4.78, 5) is 21.5. The molecule has 9 heteroatoms. The molecule has 0 radical (unpaired) electrons. The van der Waals surface area contributed by atoms with Gasteiger partial charge in [-0.25, -0.2) is 9.67 Å². The standard InChI is InChI=1S/C23H28ClN7O/c1-6-14(3)29-18-10-13(2)20(19(22(25)32)21(18)26-5)28-12-16-11-15(4)30-31(16)23-17(24)8-7-9-27-23/h7-11,26,28H,6,12H2,1-5H3,(H2,25,32). The van der Waals surface area contributed by atoms with Crippen LogP contribution in [0.15, 0.2) is 35.5 Å². The SMILES string of the molecule is CCC(C)=Nc1cc(C)c(NCc2cc(C)nn2-c2ncccc2Cl)c(C(N)=O)c1NC. The number of rotatable bonds is 8. The summed E-state index contributed by atoms with van der Waals surface area (Å²) in [6.45, 7) is 8.20. The van der Waals surface area contributed by atoms with Gasteiger partial charge in [0.05, 0.1) is 45.6 Å². The highest BCUT2D eigenvalue weighted by Gasteiger charge is 2.21. The Kier molecular flexibility index (Phi) is 7.15. The number of hydrogen-bond acceptors (Lipinski definition) is 6. The van der Waals surface area contributed by atoms with Gasteiger partial charge < -0.3 is 16.4 Å². The largest absolute Gasteiger partial charge is 0.386 e. The zero-order valence-corrected chi connectivity index (χ0v) is 19.7. The van der Waals surface area contributed by atoms with Crippen LogP contribution in [0.2, 0.25) is 5.02 Å². The lowest BCUT2D eigenvalue weighted by Crippen LogP contribution is -2.18. The number of nitrogens with one attached hydrogen (secondary N) is 2. The zero-order chi connectivity index (χ0) is 23.4. The van der Waals surface area contributed by atoms with E-state index in [0.29, 0.717) is 40.0 Å². The van der Waals surface area contributed by atoms with Crippen LogP contribution in [0.3, 0.4) is 0 Å². The van der Waals surface area contributed by atoms with Crippen LogP contribution in [0.4, 0.5) is 17.1 Å². The van der Waals surface area contributed by atoms with Gasteiger partial charge in [0.2, 0.25) is 0 Å². The van der Waals surface area contributed by atoms with Gasteiger partial charge in [-0.15, -0.1) is 0 Å². The monoisotopic (exact) mass is 453 g/mol. The molecule has 0 aliphatic carbocycles. The lowest BCUT2D eigenvalue weighted by atomic mass is 10.0. The highest BCUT2D eigenvalue weighted by atomic mass is 35.5. The molecule has 0 fully saturated rings. The number of hydrogen-bond donors (Lipinski definition) is 3. The van der Waals surface area contributed by atoms with E-state index in [1.165, 1.54) is 0 Å². The number of aromatic nitrogens is 3. The fourth-order valence-corrected chi connectivity index (χ4v) is 3.68. The number of primary amides is 1. The molecule has 2 aromatic heterocycles. The number of nitrogens with two attached hydrogens (primary N) is 1. The topological polar surface area (TPSA) is 110 Å². The molecule has 2 heterocycles. The summed E-state index contributed by atoms with van der Waals surface area (Å²) >= 11 is 6.33. The Labute approximate surface area is 192 Å². The first-order valence-electron chi connectivity index (χ1n) is 10.4. The van der Waals surface area contributed by atoms with Gasteiger partial charge in [0.25, 0.3) is 5.91 Å². The minimum absolute atomic E-state index is 0.369. The Hall–Kier alpha value is -3.39. The summed E-state index contributed by atoms with van der Waals surface area (Å²) < 4.78 is 1.70. The zero-order valence-electron chi connectivity index (χ0n) is 19.0. The molecule has 0 atom stereocenters. The van der Waals surface area contributed by atoms with Gasteiger partial charge in [0.1, 0.15) is 0 Å². The number of nitrogens with zero attached hydrogens (tertiary/aromatic N) is 4. The van der Waals surface area contributed by atoms with Gasteiger partial charge in [-0.3, -0.25) is 9.79 Å². The average Bonchev–Trinajstić information content (AvgIpc) is 3.12. The second-order valence-corrected chi connectivity index (χ2v) is 7.91. The molecule has 1 aromatic carbocycles. The van der Waals surface area contributed by atoms with E-state index in [-0.39, 0.29) is 0 Å². The third kappa shape index (κ3) is 4.75. The fraction of sp³-hybridized carbons (Fsp3) is 0.304. The molecular weight excluding hydrogens is 426 g/mol. The third-order valence-corrected chi connectivity index (χ3v) is 5.41. The van der Waals surface area contributed by atoms with Crippen LogP contribution in [0, 0.1) is 13.8 Å². The summed E-state index contributed by atoms with van der Waals surface area (Å²) in [5.74, 6) is 0.00478. The molecule has 0 bridgehead atoms. The highest BCUT2D eigenvalue weighted by molar-refractivity contribution is 6.32. The number of benzene rings is 1. The molecular formula is C23H28ClN7O. The number of carbonyl (C=O) groups excluding carboxylic acids is 1. The third-order valence-electron chi connectivity index (χ3n) is 5.11. The maximum absolute atomic E-state index is 12.5. The molecule has 1 amide bonds. The van der Waals surface area contributed by atoms with E-state index in [9.17, 15) is 4.79 Å². The summed E-state index contributed by atoms with van der Waals surface area (Å²) in [6.07, 6.45) is 2.48. The first kappa shape index (κ1) is 23.3. The van der Waals surface area contributed by atoms with Crippen LogP contribution >= 0.6 is 11.6 Å². The van der Waals surface area contributed by atoms with E-state index < -0.39 is 5.91 Å². The molecule has 0 aliphatic rings. The van der Waals surface area contributed by atoms with E-state index in [1.54, 1.807) is 30.1 Å². The van der Waals surface area contributed by atoms with Crippen molar-refractivity contribution in [2.24, 2.45) is 10.7 Å². The summed E-state index contributed by atoms with van der Waals surface area (Å²) in [6, 6.07) is 7.42. The predicted octanol–water partition coefficient (Wildman–Crippen LogP) is 4.79. The number of anilines is 2. The van der Waals surface area contributed by atoms with Crippen LogP contribution in [-0.4, -0.2) is 33.4 Å². The Balaban J connectivity index is 2.04. The van der Waals surface area contributed by atoms with Crippen LogP contribution < -0.4 is 16.4 Å². The van der Waals surface area contributed by atoms with Crippen LogP contribution in [-0.2, 0) is 6.54 Å². The number of halogens is 1. The molecule has 0 aliphatic heterocycles. The fourth-order valence-electron chi connectivity index (χ4n) is 3.47. The lowest BCUT2D eigenvalue weighted by molar-refractivity contribution is 0.100. The lowest BCUT2D eigenvalue weighted by Gasteiger charge is -2.19. The quantitative estimate of drug-likeness (QED) is 0.424. The minimum Gasteiger partial charge on any atom is -0.386 e. The van der Waals surface area contributed by atoms with Crippen molar-refractivity contribution in [1.82, 2.24) is 14.8 Å². The second kappa shape index (κ2) is 9.82. The predicted molar refractivity (Wildman–Crippen MR) is 131 cm³/mol. The number of pyridine rings is 1. The number of aliphatic imine (C=N–C) groups is 1. The van der Waals surface area contributed by atoms with Gasteiger partial charge >= 0.3 is 0 Å². The Bertz CT molecular complexity index is 1180. The Morgan fingerprint density at radius 2 is 2.03 bits per heavy atom. The van der Waals surface area contributed by atoms with Crippen molar-refractivity contribution in [3.8, 4) is 5.82 Å². The molecule has 4 N–H and O–H groups in total. The van der Waals surface area contributed by atoms with Crippen molar-refractivity contribution in [2.75, 3.05) is 17.7 Å². The van der Waals surface area contributed by atoms with Gasteiger partial charge in [0, 0.05) is 19.0 Å². The van der Waals surface area contributed by atoms with Crippen molar-refractivity contribution < 1.29 is 4.79 Å². The average molecular weight is 454 g/mol. The highest BCUT2D eigenvalue weighted by Crippen LogP contribution is 2.37. The Morgan fingerprint density at radius 3 is 2.66 bits per heavy atom. The van der Waals surface area contributed by atoms with E-state index in [2.05, 4.69) is 25.7 Å². The van der Waals surface area contributed by atoms with Crippen LogP contribution in [0.25, 0.3) is 5.82 Å². The first-order valence-corrected chi connectivity index (χ1v) is 10.7. The van der Waals surface area contributed by atoms with E-state index in [1.807, 2.05) is 39.8 Å². The molecule has 3 aromatic rings. The van der Waals surface area contributed by atoms with Crippen LogP contribution in [0.5, 0.6) is 0 Å². The van der Waals surface area contributed by atoms with Crippen molar-refractivity contribution in [1.29, 1.82) is 0 Å². The van der Waals surface area contributed by atoms with E-state index in [0.717, 1.165) is 29.1 Å². The second-order valence-electron chi connectivity index (χ2n) is 7.50. The Morgan fingerprint density at radius 1 is 1.28 bits per heavy atom. The van der Waals surface area contributed by atoms with Crippen molar-refractivity contribution in [3.63, 3.8) is 0 Å².